The highest BCUT2D eigenvalue weighted by Crippen LogP contribution is 2.27. The number of rotatable bonds is 3. The van der Waals surface area contributed by atoms with Crippen molar-refractivity contribution in [3.63, 3.8) is 0 Å². The van der Waals surface area contributed by atoms with E-state index in [0.29, 0.717) is 12.0 Å². The Morgan fingerprint density at radius 3 is 3.11 bits per heavy atom. The van der Waals surface area contributed by atoms with E-state index in [2.05, 4.69) is 41.6 Å². The zero-order valence-corrected chi connectivity index (χ0v) is 12.3. The van der Waals surface area contributed by atoms with Crippen LogP contribution in [0.15, 0.2) is 18.2 Å². The highest BCUT2D eigenvalue weighted by molar-refractivity contribution is 7.71. The third-order valence-corrected chi connectivity index (χ3v) is 4.42. The molecule has 0 spiro atoms. The molecule has 3 rings (SSSR count). The average Bonchev–Trinajstić information content (AvgIpc) is 2.96. The molecule has 1 aromatic heterocycles. The maximum Gasteiger partial charge on any atom is 0.178 e. The summed E-state index contributed by atoms with van der Waals surface area (Å²) in [6, 6.07) is 6.43. The second-order valence-electron chi connectivity index (χ2n) is 5.43. The summed E-state index contributed by atoms with van der Waals surface area (Å²) in [6.07, 6.45) is 2.61. The van der Waals surface area contributed by atoms with Crippen molar-refractivity contribution in [1.82, 2.24) is 9.55 Å². The molecular formula is C15H20N2OS. The van der Waals surface area contributed by atoms with Crippen LogP contribution in [0, 0.1) is 17.6 Å². The highest BCUT2D eigenvalue weighted by atomic mass is 32.1. The summed E-state index contributed by atoms with van der Waals surface area (Å²) in [5.74, 6) is 0.580. The van der Waals surface area contributed by atoms with E-state index in [1.54, 1.807) is 0 Å². The lowest BCUT2D eigenvalue weighted by atomic mass is 9.99. The second-order valence-corrected chi connectivity index (χ2v) is 5.81. The van der Waals surface area contributed by atoms with Gasteiger partial charge < -0.3 is 14.3 Å². The van der Waals surface area contributed by atoms with Gasteiger partial charge in [-0.1, -0.05) is 13.0 Å². The summed E-state index contributed by atoms with van der Waals surface area (Å²) >= 11 is 5.47. The predicted molar refractivity (Wildman–Crippen MR) is 80.0 cm³/mol. The average molecular weight is 276 g/mol. The molecule has 0 radical (unpaired) electrons. The van der Waals surface area contributed by atoms with Gasteiger partial charge in [-0.2, -0.15) is 0 Å². The quantitative estimate of drug-likeness (QED) is 0.864. The number of aryl methyl sites for hydroxylation is 1. The van der Waals surface area contributed by atoms with E-state index in [1.807, 2.05) is 0 Å². The summed E-state index contributed by atoms with van der Waals surface area (Å²) in [7, 11) is 0. The standard InChI is InChI=1S/C15H20N2OS/c1-3-14-11(6-7-18-14)9-17-13-8-10(2)4-5-12(13)16-15(17)19/h4-5,8,11,14H,3,6-7,9H2,1-2H3,(H,16,19). The molecule has 102 valence electrons. The summed E-state index contributed by atoms with van der Waals surface area (Å²) in [5.41, 5.74) is 3.61. The van der Waals surface area contributed by atoms with Crippen LogP contribution in [0.5, 0.6) is 0 Å². The van der Waals surface area contributed by atoms with Crippen LogP contribution in [0.25, 0.3) is 11.0 Å². The SMILES string of the molecule is CCC1OCCC1Cn1c(=S)[nH]c2ccc(C)cc21. The van der Waals surface area contributed by atoms with E-state index in [1.165, 1.54) is 11.1 Å². The van der Waals surface area contributed by atoms with Gasteiger partial charge in [0, 0.05) is 19.1 Å². The first-order valence-electron chi connectivity index (χ1n) is 7.00. The van der Waals surface area contributed by atoms with Crippen LogP contribution in [0.4, 0.5) is 0 Å². The van der Waals surface area contributed by atoms with E-state index >= 15 is 0 Å². The van der Waals surface area contributed by atoms with Gasteiger partial charge in [0.05, 0.1) is 17.1 Å². The van der Waals surface area contributed by atoms with Crippen LogP contribution in [-0.4, -0.2) is 22.3 Å². The maximum absolute atomic E-state index is 5.78. The van der Waals surface area contributed by atoms with Gasteiger partial charge in [-0.25, -0.2) is 0 Å². The van der Waals surface area contributed by atoms with Gasteiger partial charge >= 0.3 is 0 Å². The van der Waals surface area contributed by atoms with Gasteiger partial charge in [0.2, 0.25) is 0 Å². The molecule has 1 aliphatic rings. The van der Waals surface area contributed by atoms with Crippen LogP contribution in [0.3, 0.4) is 0 Å². The van der Waals surface area contributed by atoms with Gasteiger partial charge in [0.15, 0.2) is 4.77 Å². The normalized spacial score (nSPS) is 23.3. The number of H-pyrrole nitrogens is 1. The molecule has 1 N–H and O–H groups in total. The van der Waals surface area contributed by atoms with E-state index in [4.69, 9.17) is 17.0 Å². The molecule has 2 aromatic rings. The molecule has 0 saturated carbocycles. The van der Waals surface area contributed by atoms with Gasteiger partial charge in [-0.05, 0) is 49.7 Å². The zero-order valence-electron chi connectivity index (χ0n) is 11.5. The summed E-state index contributed by atoms with van der Waals surface area (Å²) in [5, 5.41) is 0. The summed E-state index contributed by atoms with van der Waals surface area (Å²) in [6.45, 7) is 6.16. The van der Waals surface area contributed by atoms with Crippen molar-refractivity contribution in [3.8, 4) is 0 Å². The van der Waals surface area contributed by atoms with Crippen LogP contribution in [-0.2, 0) is 11.3 Å². The number of imidazole rings is 1. The van der Waals surface area contributed by atoms with Crippen molar-refractivity contribution >= 4 is 23.3 Å². The number of nitrogens with one attached hydrogen (secondary N) is 1. The lowest BCUT2D eigenvalue weighted by Crippen LogP contribution is -2.20. The maximum atomic E-state index is 5.78. The highest BCUT2D eigenvalue weighted by Gasteiger charge is 2.27. The minimum Gasteiger partial charge on any atom is -0.378 e. The van der Waals surface area contributed by atoms with Crippen LogP contribution < -0.4 is 0 Å². The van der Waals surface area contributed by atoms with Gasteiger partial charge in [0.1, 0.15) is 0 Å². The fourth-order valence-electron chi connectivity index (χ4n) is 3.03. The van der Waals surface area contributed by atoms with Crippen LogP contribution in [0.2, 0.25) is 0 Å². The number of hydrogen-bond acceptors (Lipinski definition) is 2. The molecular weight excluding hydrogens is 256 g/mol. The Labute approximate surface area is 118 Å². The Kier molecular flexibility index (Phi) is 3.46. The van der Waals surface area contributed by atoms with Gasteiger partial charge in [-0.15, -0.1) is 0 Å². The Balaban J connectivity index is 1.98. The minimum atomic E-state index is 0.386. The molecule has 1 fully saturated rings. The van der Waals surface area contributed by atoms with Crippen LogP contribution >= 0.6 is 12.2 Å². The number of aromatic nitrogens is 2. The molecule has 1 aliphatic heterocycles. The fourth-order valence-corrected chi connectivity index (χ4v) is 3.31. The van der Waals surface area contributed by atoms with E-state index < -0.39 is 0 Å². The Hall–Kier alpha value is -1.13. The second kappa shape index (κ2) is 5.10. The van der Waals surface area contributed by atoms with Crippen molar-refractivity contribution in [2.75, 3.05) is 6.61 Å². The molecule has 0 bridgehead atoms. The number of fused-ring (bicyclic) bond motifs is 1. The Bertz CT molecular complexity index is 643. The smallest absolute Gasteiger partial charge is 0.178 e. The first kappa shape index (κ1) is 12.9. The van der Waals surface area contributed by atoms with Gasteiger partial charge in [-0.3, -0.25) is 0 Å². The lowest BCUT2D eigenvalue weighted by molar-refractivity contribution is 0.0837. The number of nitrogens with zero attached hydrogens (tertiary/aromatic N) is 1. The van der Waals surface area contributed by atoms with Crippen molar-refractivity contribution in [3.05, 3.63) is 28.5 Å². The molecule has 2 heterocycles. The largest absolute Gasteiger partial charge is 0.378 e. The monoisotopic (exact) mass is 276 g/mol. The van der Waals surface area contributed by atoms with Crippen LogP contribution in [0.1, 0.15) is 25.3 Å². The van der Waals surface area contributed by atoms with E-state index in [-0.39, 0.29) is 0 Å². The topological polar surface area (TPSA) is 29.9 Å². The molecule has 1 aromatic carbocycles. The van der Waals surface area contributed by atoms with E-state index in [9.17, 15) is 0 Å². The van der Waals surface area contributed by atoms with E-state index in [0.717, 1.165) is 36.3 Å². The molecule has 19 heavy (non-hydrogen) atoms. The number of benzene rings is 1. The molecule has 4 heteroatoms. The third kappa shape index (κ3) is 2.35. The Morgan fingerprint density at radius 2 is 2.32 bits per heavy atom. The van der Waals surface area contributed by atoms with Crippen molar-refractivity contribution in [2.24, 2.45) is 5.92 Å². The molecule has 0 amide bonds. The first-order valence-corrected chi connectivity index (χ1v) is 7.40. The molecule has 2 atom stereocenters. The fraction of sp³-hybridized carbons (Fsp3) is 0.533. The lowest BCUT2D eigenvalue weighted by Gasteiger charge is -2.17. The van der Waals surface area contributed by atoms with Crippen molar-refractivity contribution in [1.29, 1.82) is 0 Å². The predicted octanol–water partition coefficient (Wildman–Crippen LogP) is 3.82. The van der Waals surface area contributed by atoms with Gasteiger partial charge in [0.25, 0.3) is 0 Å². The third-order valence-electron chi connectivity index (χ3n) is 4.10. The minimum absolute atomic E-state index is 0.386. The zero-order chi connectivity index (χ0) is 13.4. The Morgan fingerprint density at radius 1 is 1.47 bits per heavy atom. The molecule has 1 saturated heterocycles. The van der Waals surface area contributed by atoms with Crippen molar-refractivity contribution < 1.29 is 4.74 Å². The molecule has 3 nitrogen and oxygen atoms in total. The number of ether oxygens (including phenoxy) is 1. The summed E-state index contributed by atoms with van der Waals surface area (Å²) in [4.78, 5) is 3.30. The first-order chi connectivity index (χ1) is 9.19. The van der Waals surface area contributed by atoms with Crippen molar-refractivity contribution in [2.45, 2.75) is 39.3 Å². The number of aromatic amines is 1. The molecule has 2 unspecified atom stereocenters. The summed E-state index contributed by atoms with van der Waals surface area (Å²) < 4.78 is 8.84. The number of hydrogen-bond donors (Lipinski definition) is 1. The molecule has 0 aliphatic carbocycles.